The maximum Gasteiger partial charge on any atom is 0.161 e. The largest absolute Gasteiger partial charge is 0.493 e. The Labute approximate surface area is 234 Å². The smallest absolute Gasteiger partial charge is 0.161 e. The summed E-state index contributed by atoms with van der Waals surface area (Å²) in [6.07, 6.45) is 6.54. The predicted octanol–water partition coefficient (Wildman–Crippen LogP) is 5.07. The minimum absolute atomic E-state index is 0.585. The molecule has 3 aromatic rings. The van der Waals surface area contributed by atoms with Crippen molar-refractivity contribution in [2.75, 3.05) is 74.1 Å². The standard InChI is InChI=1S/C28H41BrN8O/c1-4-21(5-2)18-38-22-16-23(30-8-11-35-9-6-7-10-35)20(3)24(17-22)36-12-14-37(15-13-36)28-25-26(29)33-34-27(25)31-19-32-28/h16-17,19,21,30H,4-15,18H2,1-3H3,(H,31,32,33,34). The summed E-state index contributed by atoms with van der Waals surface area (Å²) in [4.78, 5) is 16.3. The summed E-state index contributed by atoms with van der Waals surface area (Å²) < 4.78 is 7.14. The first-order chi connectivity index (χ1) is 18.6. The molecule has 9 nitrogen and oxygen atoms in total. The molecule has 2 aliphatic rings. The first-order valence-electron chi connectivity index (χ1n) is 14.2. The molecular weight excluding hydrogens is 544 g/mol. The molecule has 2 saturated heterocycles. The first kappa shape index (κ1) is 27.0. The summed E-state index contributed by atoms with van der Waals surface area (Å²) in [7, 11) is 0. The van der Waals surface area contributed by atoms with Crippen LogP contribution in [0.5, 0.6) is 5.75 Å². The van der Waals surface area contributed by atoms with Crippen LogP contribution in [0.3, 0.4) is 0 Å². The van der Waals surface area contributed by atoms with Gasteiger partial charge in [0, 0.05) is 62.8 Å². The topological polar surface area (TPSA) is 85.4 Å². The van der Waals surface area contributed by atoms with E-state index in [0.717, 1.165) is 85.9 Å². The molecule has 10 heteroatoms. The summed E-state index contributed by atoms with van der Waals surface area (Å²) in [5, 5.41) is 11.9. The van der Waals surface area contributed by atoms with Crippen LogP contribution in [0.2, 0.25) is 0 Å². The van der Waals surface area contributed by atoms with Gasteiger partial charge >= 0.3 is 0 Å². The van der Waals surface area contributed by atoms with Crippen LogP contribution in [0, 0.1) is 12.8 Å². The Bertz CT molecular complexity index is 1200. The number of hydrogen-bond acceptors (Lipinski definition) is 8. The van der Waals surface area contributed by atoms with Crippen LogP contribution >= 0.6 is 15.9 Å². The summed E-state index contributed by atoms with van der Waals surface area (Å²) in [6.45, 7) is 15.5. The monoisotopic (exact) mass is 584 g/mol. The van der Waals surface area contributed by atoms with E-state index in [9.17, 15) is 0 Å². The second-order valence-corrected chi connectivity index (χ2v) is 11.2. The van der Waals surface area contributed by atoms with Gasteiger partial charge in [0.2, 0.25) is 0 Å². The number of nitrogens with one attached hydrogen (secondary N) is 2. The number of hydrogen-bond donors (Lipinski definition) is 2. The molecule has 0 radical (unpaired) electrons. The number of piperazine rings is 1. The fourth-order valence-corrected chi connectivity index (χ4v) is 6.02. The second-order valence-electron chi connectivity index (χ2n) is 10.5. The normalized spacial score (nSPS) is 16.7. The van der Waals surface area contributed by atoms with Gasteiger partial charge in [-0.25, -0.2) is 9.97 Å². The summed E-state index contributed by atoms with van der Waals surface area (Å²) in [6, 6.07) is 4.45. The molecule has 2 aliphatic heterocycles. The number of benzene rings is 1. The molecular formula is C28H41BrN8O. The number of fused-ring (bicyclic) bond motifs is 1. The Kier molecular flexibility index (Phi) is 8.89. The van der Waals surface area contributed by atoms with Crippen LogP contribution in [0.1, 0.15) is 45.1 Å². The third kappa shape index (κ3) is 6.01. The van der Waals surface area contributed by atoms with Crippen LogP contribution < -0.4 is 19.9 Å². The number of H-pyrrole nitrogens is 1. The maximum atomic E-state index is 6.38. The Morgan fingerprint density at radius 2 is 1.76 bits per heavy atom. The number of aromatic nitrogens is 4. The van der Waals surface area contributed by atoms with Crippen molar-refractivity contribution in [3.05, 3.63) is 28.6 Å². The van der Waals surface area contributed by atoms with Crippen LogP contribution in [-0.4, -0.2) is 84.0 Å². The second kappa shape index (κ2) is 12.5. The third-order valence-corrected chi connectivity index (χ3v) is 8.72. The van der Waals surface area contributed by atoms with Gasteiger partial charge in [0.05, 0.1) is 12.0 Å². The SMILES string of the molecule is CCC(CC)COc1cc(NCCN2CCCC2)c(C)c(N2CCN(c3ncnc4[nH]nc(Br)c34)CC2)c1. The van der Waals surface area contributed by atoms with Gasteiger partial charge in [-0.05, 0) is 60.3 Å². The van der Waals surface area contributed by atoms with Gasteiger partial charge in [0.15, 0.2) is 5.65 Å². The molecule has 2 aromatic heterocycles. The number of rotatable bonds is 11. The van der Waals surface area contributed by atoms with Crippen molar-refractivity contribution >= 4 is 44.2 Å². The highest BCUT2D eigenvalue weighted by Crippen LogP contribution is 2.35. The minimum atomic E-state index is 0.585. The Balaban J connectivity index is 1.32. The van der Waals surface area contributed by atoms with Gasteiger partial charge in [-0.15, -0.1) is 0 Å². The van der Waals surface area contributed by atoms with Crippen LogP contribution in [0.25, 0.3) is 11.0 Å². The zero-order valence-corrected chi connectivity index (χ0v) is 24.6. The van der Waals surface area contributed by atoms with Crippen molar-refractivity contribution in [1.29, 1.82) is 0 Å². The Hall–Kier alpha value is -2.59. The summed E-state index contributed by atoms with van der Waals surface area (Å²) >= 11 is 3.55. The average Bonchev–Trinajstić information content (AvgIpc) is 3.61. The molecule has 4 heterocycles. The fraction of sp³-hybridized carbons (Fsp3) is 0.607. The zero-order valence-electron chi connectivity index (χ0n) is 23.0. The van der Waals surface area contributed by atoms with Crippen molar-refractivity contribution in [2.45, 2.75) is 46.5 Å². The van der Waals surface area contributed by atoms with E-state index in [-0.39, 0.29) is 0 Å². The lowest BCUT2D eigenvalue weighted by Crippen LogP contribution is -2.47. The number of aromatic amines is 1. The highest BCUT2D eigenvalue weighted by atomic mass is 79.9. The van der Waals surface area contributed by atoms with E-state index in [1.807, 2.05) is 0 Å². The molecule has 0 amide bonds. The Morgan fingerprint density at radius 3 is 2.50 bits per heavy atom. The van der Waals surface area contributed by atoms with Crippen molar-refractivity contribution in [3.63, 3.8) is 0 Å². The first-order valence-corrected chi connectivity index (χ1v) is 14.9. The molecule has 0 unspecified atom stereocenters. The van der Waals surface area contributed by atoms with Gasteiger partial charge in [0.25, 0.3) is 0 Å². The van der Waals surface area contributed by atoms with Crippen LogP contribution in [-0.2, 0) is 0 Å². The number of anilines is 3. The Morgan fingerprint density at radius 1 is 1.03 bits per heavy atom. The molecule has 0 aliphatic carbocycles. The lowest BCUT2D eigenvalue weighted by atomic mass is 10.1. The fourth-order valence-electron chi connectivity index (χ4n) is 5.57. The molecule has 0 bridgehead atoms. The third-order valence-electron chi connectivity index (χ3n) is 8.15. The van der Waals surface area contributed by atoms with Crippen molar-refractivity contribution < 1.29 is 4.74 Å². The molecule has 5 rings (SSSR count). The average molecular weight is 586 g/mol. The van der Waals surface area contributed by atoms with E-state index >= 15 is 0 Å². The molecule has 38 heavy (non-hydrogen) atoms. The van der Waals surface area contributed by atoms with E-state index in [1.165, 1.54) is 42.9 Å². The van der Waals surface area contributed by atoms with Crippen LogP contribution in [0.15, 0.2) is 23.1 Å². The van der Waals surface area contributed by atoms with Crippen molar-refractivity contribution in [2.24, 2.45) is 5.92 Å². The van der Waals surface area contributed by atoms with Gasteiger partial charge in [-0.2, -0.15) is 5.10 Å². The van der Waals surface area contributed by atoms with E-state index in [1.54, 1.807) is 6.33 Å². The van der Waals surface area contributed by atoms with E-state index in [0.29, 0.717) is 5.92 Å². The predicted molar refractivity (Wildman–Crippen MR) is 159 cm³/mol. The van der Waals surface area contributed by atoms with Gasteiger partial charge in [0.1, 0.15) is 22.5 Å². The zero-order chi connectivity index (χ0) is 26.5. The van der Waals surface area contributed by atoms with Gasteiger partial charge in [-0.1, -0.05) is 26.7 Å². The van der Waals surface area contributed by atoms with E-state index < -0.39 is 0 Å². The molecule has 0 spiro atoms. The van der Waals surface area contributed by atoms with Crippen molar-refractivity contribution in [1.82, 2.24) is 25.1 Å². The summed E-state index contributed by atoms with van der Waals surface area (Å²) in [5.74, 6) is 2.48. The highest BCUT2D eigenvalue weighted by molar-refractivity contribution is 9.10. The number of nitrogens with zero attached hydrogens (tertiary/aromatic N) is 6. The molecule has 2 fully saturated rings. The number of halogens is 1. The molecule has 2 N–H and O–H groups in total. The number of likely N-dealkylation sites (tertiary alicyclic amines) is 1. The molecule has 1 aromatic carbocycles. The van der Waals surface area contributed by atoms with E-state index in [2.05, 4.69) is 89.0 Å². The van der Waals surface area contributed by atoms with Gasteiger partial charge < -0.3 is 24.8 Å². The summed E-state index contributed by atoms with van der Waals surface area (Å²) in [5.41, 5.74) is 4.49. The van der Waals surface area contributed by atoms with Crippen molar-refractivity contribution in [3.8, 4) is 5.75 Å². The molecule has 0 saturated carbocycles. The lowest BCUT2D eigenvalue weighted by Gasteiger charge is -2.38. The van der Waals surface area contributed by atoms with Gasteiger partial charge in [-0.3, -0.25) is 5.10 Å². The highest BCUT2D eigenvalue weighted by Gasteiger charge is 2.24. The molecule has 206 valence electrons. The maximum absolute atomic E-state index is 6.38. The minimum Gasteiger partial charge on any atom is -0.493 e. The molecule has 0 atom stereocenters. The van der Waals surface area contributed by atoms with Crippen LogP contribution in [0.4, 0.5) is 17.2 Å². The quantitative estimate of drug-likeness (QED) is 0.323. The lowest BCUT2D eigenvalue weighted by molar-refractivity contribution is 0.240. The van der Waals surface area contributed by atoms with E-state index in [4.69, 9.17) is 4.74 Å². The number of ether oxygens (including phenoxy) is 1.